The zero-order valence-corrected chi connectivity index (χ0v) is 13.2. The summed E-state index contributed by atoms with van der Waals surface area (Å²) in [7, 11) is 4.66. The molecule has 0 aliphatic carbocycles. The van der Waals surface area contributed by atoms with Gasteiger partial charge in [-0.1, -0.05) is 0 Å². The number of benzene rings is 2. The predicted octanol–water partition coefficient (Wildman–Crippen LogP) is 2.48. The molecule has 0 radical (unpaired) electrons. The summed E-state index contributed by atoms with van der Waals surface area (Å²) < 4.78 is 15.4. The lowest BCUT2D eigenvalue weighted by Crippen LogP contribution is -2.17. The van der Waals surface area contributed by atoms with E-state index in [4.69, 9.17) is 14.2 Å². The quantitative estimate of drug-likeness (QED) is 0.657. The first kappa shape index (κ1) is 16.4. The number of carbonyl (C=O) groups is 1. The number of nitrogens with zero attached hydrogens (tertiary/aromatic N) is 1. The molecule has 120 valence electrons. The lowest BCUT2D eigenvalue weighted by Gasteiger charge is -2.08. The maximum atomic E-state index is 12.1. The molecule has 0 aliphatic rings. The molecule has 0 aromatic heterocycles. The van der Waals surface area contributed by atoms with Gasteiger partial charge >= 0.3 is 0 Å². The number of nitrogens with one attached hydrogen (secondary N) is 1. The third-order valence-electron chi connectivity index (χ3n) is 3.14. The highest BCUT2D eigenvalue weighted by Gasteiger charge is 2.09. The van der Waals surface area contributed by atoms with Crippen molar-refractivity contribution in [3.63, 3.8) is 0 Å². The summed E-state index contributed by atoms with van der Waals surface area (Å²) in [5.41, 5.74) is 3.74. The van der Waals surface area contributed by atoms with E-state index in [0.717, 1.165) is 11.3 Å². The molecule has 0 saturated heterocycles. The number of rotatable bonds is 6. The Morgan fingerprint density at radius 3 is 2.26 bits per heavy atom. The molecule has 6 nitrogen and oxygen atoms in total. The summed E-state index contributed by atoms with van der Waals surface area (Å²) in [5, 5.41) is 3.93. The monoisotopic (exact) mass is 314 g/mol. The van der Waals surface area contributed by atoms with Gasteiger partial charge in [0.2, 0.25) is 0 Å². The maximum Gasteiger partial charge on any atom is 0.271 e. The molecule has 0 saturated carbocycles. The highest BCUT2D eigenvalue weighted by molar-refractivity contribution is 5.95. The molecule has 0 aliphatic heterocycles. The fraction of sp³-hybridized carbons (Fsp3) is 0.176. The molecular formula is C17H18N2O4. The highest BCUT2D eigenvalue weighted by Crippen LogP contribution is 2.27. The van der Waals surface area contributed by atoms with Gasteiger partial charge in [0.05, 0.1) is 27.5 Å². The lowest BCUT2D eigenvalue weighted by atomic mass is 10.2. The van der Waals surface area contributed by atoms with Gasteiger partial charge in [-0.2, -0.15) is 5.10 Å². The summed E-state index contributed by atoms with van der Waals surface area (Å²) >= 11 is 0. The Kier molecular flexibility index (Phi) is 5.57. The summed E-state index contributed by atoms with van der Waals surface area (Å²) in [6.45, 7) is 0. The SMILES string of the molecule is COc1ccc(/C=N/NC(=O)c2ccc(OC)c(OC)c2)cc1. The second kappa shape index (κ2) is 7.84. The number of amides is 1. The summed E-state index contributed by atoms with van der Waals surface area (Å²) in [4.78, 5) is 12.1. The molecule has 1 amide bonds. The molecule has 2 aromatic carbocycles. The zero-order chi connectivity index (χ0) is 16.7. The molecule has 23 heavy (non-hydrogen) atoms. The van der Waals surface area contributed by atoms with Crippen LogP contribution >= 0.6 is 0 Å². The Morgan fingerprint density at radius 1 is 0.957 bits per heavy atom. The van der Waals surface area contributed by atoms with Gasteiger partial charge in [-0.3, -0.25) is 4.79 Å². The number of ether oxygens (including phenoxy) is 3. The fourth-order valence-electron chi connectivity index (χ4n) is 1.90. The number of methoxy groups -OCH3 is 3. The summed E-state index contributed by atoms with van der Waals surface area (Å²) in [6.07, 6.45) is 1.55. The first-order valence-corrected chi connectivity index (χ1v) is 6.87. The maximum absolute atomic E-state index is 12.1. The van der Waals surface area contributed by atoms with E-state index in [1.807, 2.05) is 24.3 Å². The van der Waals surface area contributed by atoms with Crippen LogP contribution in [0.2, 0.25) is 0 Å². The Balaban J connectivity index is 2.02. The van der Waals surface area contributed by atoms with Crippen molar-refractivity contribution < 1.29 is 19.0 Å². The van der Waals surface area contributed by atoms with E-state index < -0.39 is 0 Å². The lowest BCUT2D eigenvalue weighted by molar-refractivity contribution is 0.0954. The molecule has 0 fully saturated rings. The molecule has 0 unspecified atom stereocenters. The van der Waals surface area contributed by atoms with Crippen LogP contribution in [0.1, 0.15) is 15.9 Å². The largest absolute Gasteiger partial charge is 0.497 e. The van der Waals surface area contributed by atoms with Crippen molar-refractivity contribution in [1.82, 2.24) is 5.43 Å². The highest BCUT2D eigenvalue weighted by atomic mass is 16.5. The van der Waals surface area contributed by atoms with Crippen molar-refractivity contribution in [1.29, 1.82) is 0 Å². The third kappa shape index (κ3) is 4.23. The van der Waals surface area contributed by atoms with Crippen LogP contribution in [0.4, 0.5) is 0 Å². The second-order valence-electron chi connectivity index (χ2n) is 4.54. The van der Waals surface area contributed by atoms with Crippen molar-refractivity contribution in [2.75, 3.05) is 21.3 Å². The zero-order valence-electron chi connectivity index (χ0n) is 13.2. The predicted molar refractivity (Wildman–Crippen MR) is 87.6 cm³/mol. The van der Waals surface area contributed by atoms with Gasteiger partial charge in [0, 0.05) is 5.56 Å². The van der Waals surface area contributed by atoms with Crippen molar-refractivity contribution in [3.8, 4) is 17.2 Å². The second-order valence-corrected chi connectivity index (χ2v) is 4.54. The van der Waals surface area contributed by atoms with Gasteiger partial charge in [0.1, 0.15) is 5.75 Å². The number of hydrogen-bond acceptors (Lipinski definition) is 5. The van der Waals surface area contributed by atoms with Crippen molar-refractivity contribution in [2.24, 2.45) is 5.10 Å². The molecule has 0 atom stereocenters. The van der Waals surface area contributed by atoms with Gasteiger partial charge in [-0.25, -0.2) is 5.43 Å². The van der Waals surface area contributed by atoms with E-state index in [9.17, 15) is 4.79 Å². The van der Waals surface area contributed by atoms with Crippen molar-refractivity contribution in [2.45, 2.75) is 0 Å². The standard InChI is InChI=1S/C17H18N2O4/c1-21-14-7-4-12(5-8-14)11-18-19-17(20)13-6-9-15(22-2)16(10-13)23-3/h4-11H,1-3H3,(H,19,20)/b18-11+. The number of carbonyl (C=O) groups excluding carboxylic acids is 1. The van der Waals surface area contributed by atoms with Crippen LogP contribution in [0.25, 0.3) is 0 Å². The van der Waals surface area contributed by atoms with Gasteiger partial charge < -0.3 is 14.2 Å². The molecular weight excluding hydrogens is 296 g/mol. The van der Waals surface area contributed by atoms with Crippen LogP contribution in [0.3, 0.4) is 0 Å². The smallest absolute Gasteiger partial charge is 0.271 e. The Morgan fingerprint density at radius 2 is 1.65 bits per heavy atom. The first-order valence-electron chi connectivity index (χ1n) is 6.87. The summed E-state index contributed by atoms with van der Waals surface area (Å²) in [5.74, 6) is 1.47. The Bertz CT molecular complexity index is 696. The average molecular weight is 314 g/mol. The topological polar surface area (TPSA) is 69.2 Å². The number of hydrogen-bond donors (Lipinski definition) is 1. The van der Waals surface area contributed by atoms with E-state index in [1.165, 1.54) is 14.2 Å². The Hall–Kier alpha value is -3.02. The first-order chi connectivity index (χ1) is 11.2. The van der Waals surface area contributed by atoms with Gasteiger partial charge in [-0.15, -0.1) is 0 Å². The van der Waals surface area contributed by atoms with E-state index in [2.05, 4.69) is 10.5 Å². The van der Waals surface area contributed by atoms with Crippen LogP contribution < -0.4 is 19.6 Å². The molecule has 0 spiro atoms. The minimum absolute atomic E-state index is 0.337. The van der Waals surface area contributed by atoms with Gasteiger partial charge in [-0.05, 0) is 48.0 Å². The average Bonchev–Trinajstić information content (AvgIpc) is 2.61. The Labute approximate surface area is 134 Å². The van der Waals surface area contributed by atoms with Crippen LogP contribution in [-0.2, 0) is 0 Å². The molecule has 0 heterocycles. The van der Waals surface area contributed by atoms with Crippen LogP contribution in [0.5, 0.6) is 17.2 Å². The minimum atomic E-state index is -0.337. The molecule has 2 rings (SSSR count). The summed E-state index contributed by atoms with van der Waals surface area (Å²) in [6, 6.07) is 12.2. The molecule has 6 heteroatoms. The fourth-order valence-corrected chi connectivity index (χ4v) is 1.90. The van der Waals surface area contributed by atoms with E-state index in [0.29, 0.717) is 17.1 Å². The van der Waals surface area contributed by atoms with E-state index in [1.54, 1.807) is 31.5 Å². The third-order valence-corrected chi connectivity index (χ3v) is 3.14. The molecule has 0 bridgehead atoms. The number of hydrazone groups is 1. The van der Waals surface area contributed by atoms with Crippen molar-refractivity contribution in [3.05, 3.63) is 53.6 Å². The van der Waals surface area contributed by atoms with E-state index in [-0.39, 0.29) is 5.91 Å². The van der Waals surface area contributed by atoms with Crippen LogP contribution in [0.15, 0.2) is 47.6 Å². The van der Waals surface area contributed by atoms with Crippen LogP contribution in [0, 0.1) is 0 Å². The van der Waals surface area contributed by atoms with Gasteiger partial charge in [0.25, 0.3) is 5.91 Å². The van der Waals surface area contributed by atoms with Gasteiger partial charge in [0.15, 0.2) is 11.5 Å². The molecule has 2 aromatic rings. The minimum Gasteiger partial charge on any atom is -0.497 e. The van der Waals surface area contributed by atoms with Crippen molar-refractivity contribution >= 4 is 12.1 Å². The molecule has 1 N–H and O–H groups in total. The normalized spacial score (nSPS) is 10.4. The van der Waals surface area contributed by atoms with Crippen LogP contribution in [-0.4, -0.2) is 33.5 Å². The van der Waals surface area contributed by atoms with E-state index >= 15 is 0 Å².